The molecule has 5 heteroatoms. The van der Waals surface area contributed by atoms with Crippen LogP contribution in [0.4, 0.5) is 5.69 Å². The molecule has 1 aliphatic heterocycles. The van der Waals surface area contributed by atoms with Crippen LogP contribution in [0.3, 0.4) is 0 Å². The van der Waals surface area contributed by atoms with Crippen LogP contribution < -0.4 is 10.2 Å². The number of carboxylic acid groups (broad SMARTS) is 1. The summed E-state index contributed by atoms with van der Waals surface area (Å²) in [5.41, 5.74) is 1.15. The molecule has 19 heavy (non-hydrogen) atoms. The quantitative estimate of drug-likeness (QED) is 0.892. The summed E-state index contributed by atoms with van der Waals surface area (Å²) in [4.78, 5) is 13.1. The van der Waals surface area contributed by atoms with Gasteiger partial charge in [0.2, 0.25) is 0 Å². The molecule has 2 rings (SSSR count). The fourth-order valence-electron chi connectivity index (χ4n) is 2.65. The zero-order chi connectivity index (χ0) is 13.8. The lowest BCUT2D eigenvalue weighted by molar-refractivity contribution is -0.137. The van der Waals surface area contributed by atoms with E-state index in [9.17, 15) is 4.79 Å². The highest BCUT2D eigenvalue weighted by atomic mass is 79.9. The van der Waals surface area contributed by atoms with E-state index in [1.54, 1.807) is 0 Å². The van der Waals surface area contributed by atoms with Crippen molar-refractivity contribution < 1.29 is 9.90 Å². The van der Waals surface area contributed by atoms with Crippen molar-refractivity contribution in [2.45, 2.75) is 31.8 Å². The Balaban J connectivity index is 2.18. The fourth-order valence-corrected chi connectivity index (χ4v) is 3.04. The first kappa shape index (κ1) is 14.3. The average molecular weight is 327 g/mol. The van der Waals surface area contributed by atoms with E-state index in [2.05, 4.69) is 45.2 Å². The highest BCUT2D eigenvalue weighted by Gasteiger charge is 2.28. The van der Waals surface area contributed by atoms with Gasteiger partial charge < -0.3 is 15.3 Å². The number of carbonyl (C=O) groups is 1. The lowest BCUT2D eigenvalue weighted by Crippen LogP contribution is -2.56. The van der Waals surface area contributed by atoms with E-state index in [1.165, 1.54) is 0 Å². The summed E-state index contributed by atoms with van der Waals surface area (Å²) in [5, 5.41) is 12.2. The first-order valence-electron chi connectivity index (χ1n) is 6.54. The molecule has 1 aromatic carbocycles. The van der Waals surface area contributed by atoms with Crippen molar-refractivity contribution in [2.24, 2.45) is 0 Å². The average Bonchev–Trinajstić information content (AvgIpc) is 2.36. The van der Waals surface area contributed by atoms with Crippen molar-refractivity contribution in [2.75, 3.05) is 18.0 Å². The van der Waals surface area contributed by atoms with Crippen LogP contribution in [-0.4, -0.2) is 36.2 Å². The topological polar surface area (TPSA) is 52.6 Å². The number of benzene rings is 1. The van der Waals surface area contributed by atoms with Gasteiger partial charge in [-0.05, 0) is 31.5 Å². The molecule has 1 heterocycles. The maximum absolute atomic E-state index is 10.8. The molecule has 0 bridgehead atoms. The second-order valence-electron chi connectivity index (χ2n) is 4.98. The summed E-state index contributed by atoms with van der Waals surface area (Å²) in [6.07, 6.45) is 0.878. The second kappa shape index (κ2) is 6.39. The molecular weight excluding hydrogens is 308 g/mol. The van der Waals surface area contributed by atoms with Gasteiger partial charge in [0.25, 0.3) is 0 Å². The van der Waals surface area contributed by atoms with E-state index in [1.807, 2.05) is 12.1 Å². The highest BCUT2D eigenvalue weighted by Crippen LogP contribution is 2.26. The third-order valence-electron chi connectivity index (χ3n) is 3.49. The Labute approximate surface area is 121 Å². The Hall–Kier alpha value is -1.07. The monoisotopic (exact) mass is 326 g/mol. The zero-order valence-corrected chi connectivity index (χ0v) is 12.6. The van der Waals surface area contributed by atoms with E-state index < -0.39 is 5.97 Å². The SMILES string of the molecule is CC1CNCC(CCC(=O)O)N1c1cccc(Br)c1. The van der Waals surface area contributed by atoms with E-state index in [-0.39, 0.29) is 12.5 Å². The summed E-state index contributed by atoms with van der Waals surface area (Å²) >= 11 is 3.49. The fraction of sp³-hybridized carbons (Fsp3) is 0.500. The van der Waals surface area contributed by atoms with Crippen molar-refractivity contribution in [3.8, 4) is 0 Å². The van der Waals surface area contributed by atoms with Gasteiger partial charge in [0.15, 0.2) is 0 Å². The first-order chi connectivity index (χ1) is 9.08. The Morgan fingerprint density at radius 1 is 1.53 bits per heavy atom. The minimum absolute atomic E-state index is 0.212. The van der Waals surface area contributed by atoms with Crippen molar-refractivity contribution >= 4 is 27.6 Å². The molecule has 1 aromatic rings. The molecule has 104 valence electrons. The Kier molecular flexibility index (Phi) is 4.82. The highest BCUT2D eigenvalue weighted by molar-refractivity contribution is 9.10. The normalized spacial score (nSPS) is 23.4. The van der Waals surface area contributed by atoms with Crippen LogP contribution in [0.1, 0.15) is 19.8 Å². The van der Waals surface area contributed by atoms with Gasteiger partial charge in [-0.15, -0.1) is 0 Å². The second-order valence-corrected chi connectivity index (χ2v) is 5.90. The lowest BCUT2D eigenvalue weighted by atomic mass is 10.0. The Bertz CT molecular complexity index is 453. The van der Waals surface area contributed by atoms with Crippen LogP contribution in [0.2, 0.25) is 0 Å². The predicted molar refractivity (Wildman–Crippen MR) is 79.6 cm³/mol. The number of aliphatic carboxylic acids is 1. The maximum atomic E-state index is 10.8. The number of halogens is 1. The summed E-state index contributed by atoms with van der Waals surface area (Å²) in [5.74, 6) is -0.729. The molecular formula is C14H19BrN2O2. The molecule has 0 saturated carbocycles. The summed E-state index contributed by atoms with van der Waals surface area (Å²) in [6.45, 7) is 3.93. The number of piperazine rings is 1. The molecule has 2 unspecified atom stereocenters. The van der Waals surface area contributed by atoms with E-state index in [0.29, 0.717) is 12.5 Å². The van der Waals surface area contributed by atoms with Gasteiger partial charge in [-0.1, -0.05) is 22.0 Å². The number of nitrogens with zero attached hydrogens (tertiary/aromatic N) is 1. The molecule has 0 aromatic heterocycles. The van der Waals surface area contributed by atoms with Gasteiger partial charge in [-0.2, -0.15) is 0 Å². The minimum atomic E-state index is -0.729. The third-order valence-corrected chi connectivity index (χ3v) is 3.98. The van der Waals surface area contributed by atoms with Crippen LogP contribution >= 0.6 is 15.9 Å². The van der Waals surface area contributed by atoms with Gasteiger partial charge in [0.1, 0.15) is 0 Å². The molecule has 0 spiro atoms. The molecule has 4 nitrogen and oxygen atoms in total. The van der Waals surface area contributed by atoms with Crippen LogP contribution in [0.25, 0.3) is 0 Å². The van der Waals surface area contributed by atoms with Crippen LogP contribution in [-0.2, 0) is 4.79 Å². The van der Waals surface area contributed by atoms with Crippen LogP contribution in [0.5, 0.6) is 0 Å². The largest absolute Gasteiger partial charge is 0.481 e. The lowest BCUT2D eigenvalue weighted by Gasteiger charge is -2.43. The molecule has 2 N–H and O–H groups in total. The van der Waals surface area contributed by atoms with E-state index in [4.69, 9.17) is 5.11 Å². The number of carboxylic acids is 1. The molecule has 0 aliphatic carbocycles. The maximum Gasteiger partial charge on any atom is 0.303 e. The summed E-state index contributed by atoms with van der Waals surface area (Å²) in [7, 11) is 0. The molecule has 1 aliphatic rings. The number of anilines is 1. The molecule has 1 saturated heterocycles. The van der Waals surface area contributed by atoms with Crippen molar-refractivity contribution in [1.29, 1.82) is 0 Å². The van der Waals surface area contributed by atoms with E-state index in [0.717, 1.165) is 23.2 Å². The molecule has 2 atom stereocenters. The summed E-state index contributed by atoms with van der Waals surface area (Å²) in [6, 6.07) is 8.79. The van der Waals surface area contributed by atoms with Gasteiger partial charge >= 0.3 is 5.97 Å². The van der Waals surface area contributed by atoms with Gasteiger partial charge in [0.05, 0.1) is 0 Å². The first-order valence-corrected chi connectivity index (χ1v) is 7.33. The number of hydrogen-bond donors (Lipinski definition) is 2. The standard InChI is InChI=1S/C14H19BrN2O2/c1-10-8-16-9-13(5-6-14(18)19)17(10)12-4-2-3-11(15)7-12/h2-4,7,10,13,16H,5-6,8-9H2,1H3,(H,18,19). The minimum Gasteiger partial charge on any atom is -0.481 e. The van der Waals surface area contributed by atoms with E-state index >= 15 is 0 Å². The zero-order valence-electron chi connectivity index (χ0n) is 11.0. The van der Waals surface area contributed by atoms with Gasteiger partial charge in [-0.25, -0.2) is 0 Å². The third kappa shape index (κ3) is 3.70. The van der Waals surface area contributed by atoms with Crippen molar-refractivity contribution in [1.82, 2.24) is 5.32 Å². The number of nitrogens with one attached hydrogen (secondary N) is 1. The van der Waals surface area contributed by atoms with Crippen LogP contribution in [0, 0.1) is 0 Å². The van der Waals surface area contributed by atoms with Crippen molar-refractivity contribution in [3.63, 3.8) is 0 Å². The number of hydrogen-bond acceptors (Lipinski definition) is 3. The predicted octanol–water partition coefficient (Wildman–Crippen LogP) is 2.48. The molecule has 0 amide bonds. The van der Waals surface area contributed by atoms with Gasteiger partial charge in [0, 0.05) is 41.8 Å². The summed E-state index contributed by atoms with van der Waals surface area (Å²) < 4.78 is 1.05. The molecule has 0 radical (unpaired) electrons. The Morgan fingerprint density at radius 3 is 3.00 bits per heavy atom. The Morgan fingerprint density at radius 2 is 2.32 bits per heavy atom. The number of rotatable bonds is 4. The van der Waals surface area contributed by atoms with Crippen LogP contribution in [0.15, 0.2) is 28.7 Å². The van der Waals surface area contributed by atoms with Gasteiger partial charge in [-0.3, -0.25) is 4.79 Å². The molecule has 1 fully saturated rings. The van der Waals surface area contributed by atoms with Crippen molar-refractivity contribution in [3.05, 3.63) is 28.7 Å². The smallest absolute Gasteiger partial charge is 0.303 e.